The summed E-state index contributed by atoms with van der Waals surface area (Å²) in [6.45, 7) is 0. The maximum Gasteiger partial charge on any atom is 6.00 e. The summed E-state index contributed by atoms with van der Waals surface area (Å²) in [4.78, 5) is 133. The van der Waals surface area contributed by atoms with Crippen LogP contribution < -0.4 is 58.7 Å². The van der Waals surface area contributed by atoms with E-state index in [-0.39, 0.29) is 42.1 Å². The zero-order chi connectivity index (χ0) is 28.7. The molecular formula is C6H6O24P6W2. The van der Waals surface area contributed by atoms with E-state index in [1.807, 2.05) is 0 Å². The van der Waals surface area contributed by atoms with Crippen molar-refractivity contribution >= 4 is 46.9 Å². The van der Waals surface area contributed by atoms with E-state index in [0.29, 0.717) is 0 Å². The molecule has 0 aliphatic heterocycles. The van der Waals surface area contributed by atoms with Crippen molar-refractivity contribution in [3.63, 3.8) is 0 Å². The molecule has 1 rings (SSSR count). The van der Waals surface area contributed by atoms with Gasteiger partial charge in [0.25, 0.3) is 0 Å². The van der Waals surface area contributed by atoms with Gasteiger partial charge in [0.1, 0.15) is 36.6 Å². The summed E-state index contributed by atoms with van der Waals surface area (Å²) < 4.78 is 88.3. The summed E-state index contributed by atoms with van der Waals surface area (Å²) in [5.41, 5.74) is 0. The molecule has 38 heavy (non-hydrogen) atoms. The molecule has 32 heteroatoms. The first-order chi connectivity index (χ1) is 15.6. The molecule has 0 aromatic carbocycles. The Balaban J connectivity index is 0. The van der Waals surface area contributed by atoms with Gasteiger partial charge in [0.15, 0.2) is 0 Å². The predicted molar refractivity (Wildman–Crippen MR) is 74.9 cm³/mol. The third-order valence-corrected chi connectivity index (χ3v) is 6.46. The molecule has 0 atom stereocenters. The van der Waals surface area contributed by atoms with Gasteiger partial charge in [-0.1, -0.05) is 0 Å². The Bertz CT molecular complexity index is 829. The van der Waals surface area contributed by atoms with Crippen LogP contribution in [0, 0.1) is 0 Å². The maximum absolute atomic E-state index is 11.1. The Morgan fingerprint density at radius 2 is 0.368 bits per heavy atom. The Morgan fingerprint density at radius 1 is 0.289 bits per heavy atom. The van der Waals surface area contributed by atoms with Gasteiger partial charge in [0.05, 0.1) is 46.9 Å². The Hall–Kier alpha value is 2.04. The number of rotatable bonds is 12. The monoisotopic (exact) mass is 1020 g/mol. The molecular weight excluding hydrogens is 1010 g/mol. The summed E-state index contributed by atoms with van der Waals surface area (Å²) >= 11 is 0. The van der Waals surface area contributed by atoms with Crippen molar-refractivity contribution in [3.05, 3.63) is 0 Å². The van der Waals surface area contributed by atoms with Gasteiger partial charge in [-0.3, -0.25) is 0 Å². The molecule has 0 aromatic rings. The van der Waals surface area contributed by atoms with Crippen LogP contribution in [0.25, 0.3) is 0 Å². The normalized spacial score (nSPS) is 27.8. The molecule has 1 aliphatic rings. The second-order valence-electron chi connectivity index (χ2n) is 6.10. The third-order valence-electron chi connectivity index (χ3n) is 3.45. The van der Waals surface area contributed by atoms with E-state index >= 15 is 0 Å². The number of hydrogen-bond donors (Lipinski definition) is 0. The van der Waals surface area contributed by atoms with Gasteiger partial charge < -0.3 is 113 Å². The average Bonchev–Trinajstić information content (AvgIpc) is 2.51. The molecule has 0 radical (unpaired) electrons. The van der Waals surface area contributed by atoms with Crippen molar-refractivity contribution in [2.24, 2.45) is 0 Å². The molecule has 0 heterocycles. The SMILES string of the molecule is O=P([O-])([O-])O[C@H]1[C@H](OP(=O)([O-])[O-])[C@@H](OP(=O)([O-])[O-])[C@H](OP(=O)([O-])[O-])[C@@H](OP(=O)([O-])[O-])[C@H]1OP(=O)([O-])[O-].[W+6].[W+6]. The molecule has 216 valence electrons. The summed E-state index contributed by atoms with van der Waals surface area (Å²) in [7, 11) is -40.1. The number of phosphoric acid groups is 6. The standard InChI is InChI=1S/C6H18O24P6.2W/c7-31(8,9)25-1-2(26-32(10,11)12)4(28-34(16,17)18)6(30-36(22,23)24)5(29-35(19,20)21)3(1)27-33(13,14)15;;/h1-6H,(H2,7,8,9)(H2,10,11,12)(H2,13,14,15)(H2,16,17,18)(H2,19,20,21)(H2,22,23,24);;/q;2*+6/p-12/t1-,2-,3-,4+,5-,6-;;. The van der Waals surface area contributed by atoms with Crippen LogP contribution in [0.15, 0.2) is 0 Å². The number of phosphoric ester groups is 6. The minimum absolute atomic E-state index is 0. The van der Waals surface area contributed by atoms with Crippen molar-refractivity contribution < 1.29 is 155 Å². The number of hydrogen-bond acceptors (Lipinski definition) is 24. The predicted octanol–water partition coefficient (Wildman–Crippen LogP) is -10.7. The van der Waals surface area contributed by atoms with Crippen LogP contribution in [0.3, 0.4) is 0 Å². The third kappa shape index (κ3) is 16.6. The van der Waals surface area contributed by atoms with Crippen molar-refractivity contribution in [2.75, 3.05) is 0 Å². The molecule has 0 unspecified atom stereocenters. The van der Waals surface area contributed by atoms with Gasteiger partial charge in [0, 0.05) is 0 Å². The van der Waals surface area contributed by atoms with Crippen LogP contribution in [0.2, 0.25) is 0 Å². The maximum atomic E-state index is 11.1. The summed E-state index contributed by atoms with van der Waals surface area (Å²) in [5.74, 6) is 0. The molecule has 0 bridgehead atoms. The quantitative estimate of drug-likeness (QED) is 0.164. The molecule has 0 spiro atoms. The van der Waals surface area contributed by atoms with Gasteiger partial charge in [-0.15, -0.1) is 0 Å². The van der Waals surface area contributed by atoms with E-state index in [1.165, 1.54) is 0 Å². The fourth-order valence-electron chi connectivity index (χ4n) is 2.74. The molecule has 0 saturated heterocycles. The van der Waals surface area contributed by atoms with Crippen molar-refractivity contribution in [1.82, 2.24) is 0 Å². The van der Waals surface area contributed by atoms with Crippen LogP contribution in [0.4, 0.5) is 0 Å². The fraction of sp³-hybridized carbons (Fsp3) is 1.00. The fourth-order valence-corrected chi connectivity index (χ4v) is 5.96. The van der Waals surface area contributed by atoms with E-state index in [2.05, 4.69) is 27.1 Å². The smallest absolute Gasteiger partial charge is 0.790 e. The van der Waals surface area contributed by atoms with E-state index < -0.39 is 83.6 Å². The first-order valence-corrected chi connectivity index (χ1v) is 16.6. The molecule has 24 nitrogen and oxygen atoms in total. The molecule has 0 N–H and O–H groups in total. The van der Waals surface area contributed by atoms with Crippen LogP contribution in [0.5, 0.6) is 0 Å². The van der Waals surface area contributed by atoms with Gasteiger partial charge >= 0.3 is 42.1 Å². The van der Waals surface area contributed by atoms with Gasteiger partial charge in [0.2, 0.25) is 0 Å². The Labute approximate surface area is 238 Å². The van der Waals surface area contributed by atoms with E-state index in [9.17, 15) is 86.1 Å². The first kappa shape index (κ1) is 42.2. The summed E-state index contributed by atoms with van der Waals surface area (Å²) in [5, 5.41) is 0. The van der Waals surface area contributed by atoms with Crippen molar-refractivity contribution in [3.8, 4) is 0 Å². The largest absolute Gasteiger partial charge is 6.00 e. The second kappa shape index (κ2) is 14.7. The molecule has 1 saturated carbocycles. The van der Waals surface area contributed by atoms with Gasteiger partial charge in [-0.05, 0) is 0 Å². The molecule has 1 fully saturated rings. The van der Waals surface area contributed by atoms with Crippen LogP contribution in [-0.2, 0) is 96.7 Å². The summed E-state index contributed by atoms with van der Waals surface area (Å²) in [6.07, 6.45) is -21.5. The van der Waals surface area contributed by atoms with Crippen molar-refractivity contribution in [1.29, 1.82) is 0 Å². The van der Waals surface area contributed by atoms with Gasteiger partial charge in [-0.2, -0.15) is 0 Å². The van der Waals surface area contributed by atoms with Crippen LogP contribution >= 0.6 is 46.9 Å². The average molecular weight is 1020 g/mol. The minimum atomic E-state index is -6.68. The zero-order valence-corrected chi connectivity index (χ0v) is 28.0. The summed E-state index contributed by atoms with van der Waals surface area (Å²) in [6, 6.07) is 0. The Kier molecular flexibility index (Phi) is 16.3. The van der Waals surface area contributed by atoms with Crippen LogP contribution in [0.1, 0.15) is 0 Å². The zero-order valence-electron chi connectivity index (χ0n) is 16.8. The topological polar surface area (TPSA) is 435 Å². The van der Waals surface area contributed by atoms with Crippen molar-refractivity contribution in [2.45, 2.75) is 36.6 Å². The second-order valence-corrected chi connectivity index (χ2v) is 12.7. The van der Waals surface area contributed by atoms with Gasteiger partial charge in [-0.25, -0.2) is 0 Å². The van der Waals surface area contributed by atoms with Crippen LogP contribution in [-0.4, -0.2) is 36.6 Å². The van der Waals surface area contributed by atoms with E-state index in [1.54, 1.807) is 0 Å². The Morgan fingerprint density at radius 3 is 0.421 bits per heavy atom. The van der Waals surface area contributed by atoms with E-state index in [0.717, 1.165) is 0 Å². The molecule has 1 aliphatic carbocycles. The van der Waals surface area contributed by atoms with E-state index in [4.69, 9.17) is 0 Å². The molecule has 0 aromatic heterocycles. The minimum Gasteiger partial charge on any atom is -0.790 e. The molecule has 0 amide bonds. The first-order valence-electron chi connectivity index (χ1n) is 7.80.